The summed E-state index contributed by atoms with van der Waals surface area (Å²) in [6.45, 7) is -0.184. The van der Waals surface area contributed by atoms with Crippen LogP contribution in [-0.4, -0.2) is 37.7 Å². The zero-order chi connectivity index (χ0) is 11.2. The van der Waals surface area contributed by atoms with Gasteiger partial charge in [0.05, 0.1) is 13.5 Å². The van der Waals surface area contributed by atoms with Gasteiger partial charge in [0, 0.05) is 25.9 Å². The molecule has 82 valence electrons. The molecule has 0 aromatic carbocycles. The van der Waals surface area contributed by atoms with Crippen LogP contribution in [0.2, 0.25) is 0 Å². The van der Waals surface area contributed by atoms with Crippen LogP contribution in [0.15, 0.2) is 12.3 Å². The number of esters is 1. The van der Waals surface area contributed by atoms with E-state index in [9.17, 15) is 18.0 Å². The second kappa shape index (κ2) is 5.51. The third-order valence-electron chi connectivity index (χ3n) is 1.41. The van der Waals surface area contributed by atoms with Crippen LogP contribution >= 0.6 is 0 Å². The topological polar surface area (TPSA) is 29.5 Å². The predicted molar refractivity (Wildman–Crippen MR) is 44.5 cm³/mol. The van der Waals surface area contributed by atoms with Gasteiger partial charge in [-0.05, 0) is 0 Å². The molecule has 0 atom stereocenters. The second-order valence-electron chi connectivity index (χ2n) is 2.68. The molecule has 3 nitrogen and oxygen atoms in total. The van der Waals surface area contributed by atoms with E-state index in [1.807, 2.05) is 0 Å². The SMILES string of the molecule is COC(=O)C=CN(C)CCC(F)(F)F. The lowest BCUT2D eigenvalue weighted by Crippen LogP contribution is -2.20. The number of ether oxygens (including phenoxy) is 1. The van der Waals surface area contributed by atoms with E-state index in [0.717, 1.165) is 6.08 Å². The molecule has 14 heavy (non-hydrogen) atoms. The number of carbonyl (C=O) groups is 1. The predicted octanol–water partition coefficient (Wildman–Crippen LogP) is 1.56. The van der Waals surface area contributed by atoms with Crippen LogP contribution in [0.4, 0.5) is 13.2 Å². The molecule has 0 radical (unpaired) electrons. The minimum absolute atomic E-state index is 0.184. The van der Waals surface area contributed by atoms with E-state index in [1.165, 1.54) is 25.3 Å². The Morgan fingerprint density at radius 1 is 1.50 bits per heavy atom. The molecule has 0 aromatic rings. The first kappa shape index (κ1) is 12.8. The Morgan fingerprint density at radius 3 is 2.50 bits per heavy atom. The average Bonchev–Trinajstić information content (AvgIpc) is 2.09. The number of carbonyl (C=O) groups excluding carboxylic acids is 1. The van der Waals surface area contributed by atoms with Gasteiger partial charge in [-0.2, -0.15) is 13.2 Å². The largest absolute Gasteiger partial charge is 0.466 e. The Hall–Kier alpha value is -1.20. The summed E-state index contributed by atoms with van der Waals surface area (Å²) in [7, 11) is 2.65. The van der Waals surface area contributed by atoms with Gasteiger partial charge in [0.1, 0.15) is 0 Å². The average molecular weight is 211 g/mol. The summed E-state index contributed by atoms with van der Waals surface area (Å²) >= 11 is 0. The van der Waals surface area contributed by atoms with Crippen molar-refractivity contribution in [2.75, 3.05) is 20.7 Å². The minimum atomic E-state index is -4.17. The van der Waals surface area contributed by atoms with E-state index in [-0.39, 0.29) is 6.54 Å². The second-order valence-corrected chi connectivity index (χ2v) is 2.68. The van der Waals surface area contributed by atoms with E-state index in [2.05, 4.69) is 4.74 Å². The van der Waals surface area contributed by atoms with Crippen molar-refractivity contribution in [3.05, 3.63) is 12.3 Å². The minimum Gasteiger partial charge on any atom is -0.466 e. The van der Waals surface area contributed by atoms with Crippen LogP contribution in [0.3, 0.4) is 0 Å². The van der Waals surface area contributed by atoms with Gasteiger partial charge in [-0.15, -0.1) is 0 Å². The molecule has 0 unspecified atom stereocenters. The lowest BCUT2D eigenvalue weighted by Gasteiger charge is -2.14. The summed E-state index contributed by atoms with van der Waals surface area (Å²) in [6.07, 6.45) is -2.77. The van der Waals surface area contributed by atoms with E-state index in [1.54, 1.807) is 0 Å². The summed E-state index contributed by atoms with van der Waals surface area (Å²) in [6, 6.07) is 0. The molecule has 0 saturated heterocycles. The molecular weight excluding hydrogens is 199 g/mol. The first-order valence-electron chi connectivity index (χ1n) is 3.88. The molecule has 0 amide bonds. The summed E-state index contributed by atoms with van der Waals surface area (Å²) in [4.78, 5) is 11.8. The lowest BCUT2D eigenvalue weighted by atomic mass is 10.4. The Kier molecular flexibility index (Phi) is 5.04. The number of rotatable bonds is 4. The normalized spacial score (nSPS) is 11.8. The Bertz CT molecular complexity index is 213. The zero-order valence-electron chi connectivity index (χ0n) is 7.97. The molecule has 0 rings (SSSR count). The fourth-order valence-corrected chi connectivity index (χ4v) is 0.634. The zero-order valence-corrected chi connectivity index (χ0v) is 7.97. The number of alkyl halides is 3. The van der Waals surface area contributed by atoms with Crippen molar-refractivity contribution in [3.63, 3.8) is 0 Å². The summed E-state index contributed by atoms with van der Waals surface area (Å²) in [5.74, 6) is -0.594. The van der Waals surface area contributed by atoms with Crippen molar-refractivity contribution < 1.29 is 22.7 Å². The van der Waals surface area contributed by atoms with E-state index >= 15 is 0 Å². The molecule has 6 heteroatoms. The third kappa shape index (κ3) is 7.45. The van der Waals surface area contributed by atoms with Gasteiger partial charge in [0.2, 0.25) is 0 Å². The molecule has 0 aliphatic rings. The Balaban J connectivity index is 3.81. The van der Waals surface area contributed by atoms with Gasteiger partial charge in [0.15, 0.2) is 0 Å². The molecule has 0 fully saturated rings. The number of hydrogen-bond donors (Lipinski definition) is 0. The molecule has 0 heterocycles. The number of hydrogen-bond acceptors (Lipinski definition) is 3. The summed E-state index contributed by atoms with van der Waals surface area (Å²) in [5, 5.41) is 0. The van der Waals surface area contributed by atoms with Crippen LogP contribution in [0.5, 0.6) is 0 Å². The first-order valence-corrected chi connectivity index (χ1v) is 3.88. The highest BCUT2D eigenvalue weighted by atomic mass is 19.4. The monoisotopic (exact) mass is 211 g/mol. The fourth-order valence-electron chi connectivity index (χ4n) is 0.634. The van der Waals surface area contributed by atoms with Crippen molar-refractivity contribution in [1.29, 1.82) is 0 Å². The van der Waals surface area contributed by atoms with Crippen molar-refractivity contribution in [3.8, 4) is 0 Å². The molecule has 0 bridgehead atoms. The quantitative estimate of drug-likeness (QED) is 0.522. The van der Waals surface area contributed by atoms with Crippen molar-refractivity contribution in [2.45, 2.75) is 12.6 Å². The van der Waals surface area contributed by atoms with Crippen molar-refractivity contribution >= 4 is 5.97 Å². The number of nitrogens with zero attached hydrogens (tertiary/aromatic N) is 1. The van der Waals surface area contributed by atoms with E-state index < -0.39 is 18.6 Å². The maximum atomic E-state index is 11.7. The number of methoxy groups -OCH3 is 1. The lowest BCUT2D eigenvalue weighted by molar-refractivity contribution is -0.136. The maximum Gasteiger partial charge on any atom is 0.390 e. The van der Waals surface area contributed by atoms with Gasteiger partial charge in [-0.25, -0.2) is 4.79 Å². The van der Waals surface area contributed by atoms with Gasteiger partial charge < -0.3 is 9.64 Å². The van der Waals surface area contributed by atoms with Gasteiger partial charge in [-0.3, -0.25) is 0 Å². The molecule has 0 aliphatic carbocycles. The van der Waals surface area contributed by atoms with Crippen molar-refractivity contribution in [1.82, 2.24) is 4.90 Å². The fraction of sp³-hybridized carbons (Fsp3) is 0.625. The van der Waals surface area contributed by atoms with E-state index in [4.69, 9.17) is 0 Å². The van der Waals surface area contributed by atoms with Gasteiger partial charge in [0.25, 0.3) is 0 Å². The van der Waals surface area contributed by atoms with Crippen LogP contribution in [0.1, 0.15) is 6.42 Å². The molecule has 0 aliphatic heterocycles. The summed E-state index contributed by atoms with van der Waals surface area (Å²) < 4.78 is 39.5. The highest BCUT2D eigenvalue weighted by Gasteiger charge is 2.26. The van der Waals surface area contributed by atoms with Gasteiger partial charge in [-0.1, -0.05) is 0 Å². The Labute approximate surface area is 80.1 Å². The summed E-state index contributed by atoms with van der Waals surface area (Å²) in [5.41, 5.74) is 0. The van der Waals surface area contributed by atoms with Crippen LogP contribution in [0, 0.1) is 0 Å². The highest BCUT2D eigenvalue weighted by molar-refractivity contribution is 5.81. The molecule has 0 N–H and O–H groups in total. The van der Waals surface area contributed by atoms with Crippen molar-refractivity contribution in [2.24, 2.45) is 0 Å². The van der Waals surface area contributed by atoms with Crippen LogP contribution in [-0.2, 0) is 9.53 Å². The molecule has 0 saturated carbocycles. The first-order chi connectivity index (χ1) is 6.35. The maximum absolute atomic E-state index is 11.7. The van der Waals surface area contributed by atoms with E-state index in [0.29, 0.717) is 0 Å². The Morgan fingerprint density at radius 2 is 2.07 bits per heavy atom. The number of halogens is 3. The standard InChI is InChI=1S/C8H12F3NO2/c1-12(5-3-7(13)14-2)6-4-8(9,10)11/h3,5H,4,6H2,1-2H3. The van der Waals surface area contributed by atoms with Gasteiger partial charge >= 0.3 is 12.1 Å². The highest BCUT2D eigenvalue weighted by Crippen LogP contribution is 2.19. The van der Waals surface area contributed by atoms with Crippen LogP contribution in [0.25, 0.3) is 0 Å². The third-order valence-corrected chi connectivity index (χ3v) is 1.41. The molecular formula is C8H12F3NO2. The molecule has 0 aromatic heterocycles. The molecule has 0 spiro atoms. The van der Waals surface area contributed by atoms with Crippen LogP contribution < -0.4 is 0 Å². The smallest absolute Gasteiger partial charge is 0.390 e.